The monoisotopic (exact) mass is 207 g/mol. The average Bonchev–Trinajstić information content (AvgIpc) is 2.45. The molecular formula is C8H12F3N3. The van der Waals surface area contributed by atoms with Crippen molar-refractivity contribution in [2.24, 2.45) is 5.73 Å². The van der Waals surface area contributed by atoms with E-state index in [1.54, 1.807) is 13.8 Å². The van der Waals surface area contributed by atoms with Crippen molar-refractivity contribution in [1.29, 1.82) is 0 Å². The first-order chi connectivity index (χ1) is 6.36. The van der Waals surface area contributed by atoms with E-state index in [1.807, 2.05) is 0 Å². The van der Waals surface area contributed by atoms with Gasteiger partial charge in [-0.1, -0.05) is 6.92 Å². The van der Waals surface area contributed by atoms with Crippen LogP contribution in [0.5, 0.6) is 0 Å². The van der Waals surface area contributed by atoms with E-state index in [9.17, 15) is 13.2 Å². The van der Waals surface area contributed by atoms with Crippen LogP contribution in [-0.4, -0.2) is 16.3 Å². The minimum atomic E-state index is -4.45. The molecule has 6 heteroatoms. The van der Waals surface area contributed by atoms with Gasteiger partial charge in [-0.3, -0.25) is 0 Å². The molecule has 0 amide bonds. The van der Waals surface area contributed by atoms with Gasteiger partial charge >= 0.3 is 6.30 Å². The average molecular weight is 207 g/mol. The van der Waals surface area contributed by atoms with Gasteiger partial charge in [0, 0.05) is 6.20 Å². The third-order valence-electron chi connectivity index (χ3n) is 2.08. The second-order valence-electron chi connectivity index (χ2n) is 3.22. The van der Waals surface area contributed by atoms with Crippen LogP contribution in [0.2, 0.25) is 0 Å². The Morgan fingerprint density at radius 1 is 1.57 bits per heavy atom. The molecule has 1 aromatic rings. The lowest BCUT2D eigenvalue weighted by Crippen LogP contribution is -2.17. The van der Waals surface area contributed by atoms with Gasteiger partial charge in [-0.15, -0.1) is 13.2 Å². The Kier molecular flexibility index (Phi) is 2.84. The Morgan fingerprint density at radius 3 is 2.50 bits per heavy atom. The molecule has 0 saturated heterocycles. The molecule has 2 N–H and O–H groups in total. The van der Waals surface area contributed by atoms with Gasteiger partial charge in [0.05, 0.1) is 5.69 Å². The summed E-state index contributed by atoms with van der Waals surface area (Å²) in [6.07, 6.45) is -3.45. The van der Waals surface area contributed by atoms with E-state index in [1.165, 1.54) is 0 Å². The first kappa shape index (κ1) is 11.0. The van der Waals surface area contributed by atoms with Crippen LogP contribution in [0.3, 0.4) is 0 Å². The van der Waals surface area contributed by atoms with Crippen LogP contribution < -0.4 is 5.73 Å². The molecule has 1 aromatic heterocycles. The molecule has 1 unspecified atom stereocenters. The highest BCUT2D eigenvalue weighted by Crippen LogP contribution is 2.25. The van der Waals surface area contributed by atoms with E-state index in [2.05, 4.69) is 5.10 Å². The molecule has 0 saturated carbocycles. The highest BCUT2D eigenvalue weighted by Gasteiger charge is 2.32. The zero-order chi connectivity index (χ0) is 10.9. The summed E-state index contributed by atoms with van der Waals surface area (Å²) in [7, 11) is 0. The molecule has 0 aliphatic rings. The number of rotatable bonds is 2. The van der Waals surface area contributed by atoms with Crippen LogP contribution in [0, 0.1) is 6.92 Å². The van der Waals surface area contributed by atoms with Gasteiger partial charge in [0.2, 0.25) is 0 Å². The van der Waals surface area contributed by atoms with Crippen molar-refractivity contribution in [2.45, 2.75) is 26.1 Å². The summed E-state index contributed by atoms with van der Waals surface area (Å²) in [6.45, 7) is 3.62. The molecule has 0 spiro atoms. The van der Waals surface area contributed by atoms with Crippen LogP contribution in [0.1, 0.15) is 24.1 Å². The van der Waals surface area contributed by atoms with Crippen LogP contribution in [-0.2, 0) is 6.30 Å². The van der Waals surface area contributed by atoms with Crippen molar-refractivity contribution in [3.05, 3.63) is 17.5 Å². The molecule has 0 aromatic carbocycles. The highest BCUT2D eigenvalue weighted by atomic mass is 19.4. The van der Waals surface area contributed by atoms with Crippen molar-refractivity contribution in [1.82, 2.24) is 9.78 Å². The van der Waals surface area contributed by atoms with E-state index in [-0.39, 0.29) is 10.6 Å². The first-order valence-corrected chi connectivity index (χ1v) is 4.19. The lowest BCUT2D eigenvalue weighted by molar-refractivity contribution is -0.212. The molecule has 0 aliphatic carbocycles. The van der Waals surface area contributed by atoms with Crippen molar-refractivity contribution < 1.29 is 13.2 Å². The van der Waals surface area contributed by atoms with Crippen molar-refractivity contribution in [3.8, 4) is 0 Å². The maximum atomic E-state index is 12.2. The quantitative estimate of drug-likeness (QED) is 0.802. The number of aryl methyl sites for hydroxylation is 1. The second kappa shape index (κ2) is 3.61. The summed E-state index contributed by atoms with van der Waals surface area (Å²) >= 11 is 0. The fourth-order valence-corrected chi connectivity index (χ4v) is 1.21. The van der Waals surface area contributed by atoms with Gasteiger partial charge < -0.3 is 5.73 Å². The third-order valence-corrected chi connectivity index (χ3v) is 2.08. The zero-order valence-electron chi connectivity index (χ0n) is 7.97. The number of halogens is 3. The lowest BCUT2D eigenvalue weighted by Gasteiger charge is -2.06. The van der Waals surface area contributed by atoms with Gasteiger partial charge in [0.25, 0.3) is 0 Å². The summed E-state index contributed by atoms with van der Waals surface area (Å²) in [4.78, 5) is 0. The normalized spacial score (nSPS) is 14.4. The number of nitrogens with two attached hydrogens (primary N) is 1. The first-order valence-electron chi connectivity index (χ1n) is 4.19. The predicted molar refractivity (Wildman–Crippen MR) is 45.7 cm³/mol. The predicted octanol–water partition coefficient (Wildman–Crippen LogP) is 1.73. The largest absolute Gasteiger partial charge is 0.504 e. The van der Waals surface area contributed by atoms with Gasteiger partial charge in [0.1, 0.15) is 0 Å². The Morgan fingerprint density at radius 2 is 2.14 bits per heavy atom. The molecular weight excluding hydrogens is 195 g/mol. The minimum Gasteiger partial charge on any atom is -0.330 e. The molecule has 0 bridgehead atoms. The van der Waals surface area contributed by atoms with E-state index < -0.39 is 6.30 Å². The summed E-state index contributed by atoms with van der Waals surface area (Å²) in [5, 5.41) is 3.39. The number of hydrogen-bond donors (Lipinski definition) is 1. The van der Waals surface area contributed by atoms with E-state index in [0.717, 1.165) is 6.20 Å². The number of hydrogen-bond acceptors (Lipinski definition) is 2. The molecule has 1 rings (SSSR count). The fourth-order valence-electron chi connectivity index (χ4n) is 1.21. The minimum absolute atomic E-state index is 0.0177. The molecule has 0 radical (unpaired) electrons. The van der Waals surface area contributed by atoms with Crippen LogP contribution in [0.25, 0.3) is 0 Å². The van der Waals surface area contributed by atoms with Gasteiger partial charge in [-0.05, 0) is 24.9 Å². The van der Waals surface area contributed by atoms with Crippen LogP contribution >= 0.6 is 0 Å². The summed E-state index contributed by atoms with van der Waals surface area (Å²) < 4.78 is 36.7. The van der Waals surface area contributed by atoms with Crippen molar-refractivity contribution in [3.63, 3.8) is 0 Å². The number of aromatic nitrogens is 2. The Hall–Kier alpha value is -1.04. The maximum absolute atomic E-state index is 12.2. The number of alkyl halides is 3. The molecule has 14 heavy (non-hydrogen) atoms. The summed E-state index contributed by atoms with van der Waals surface area (Å²) in [5.41, 5.74) is 6.29. The summed E-state index contributed by atoms with van der Waals surface area (Å²) in [6, 6.07) is 0. The second-order valence-corrected chi connectivity index (χ2v) is 3.22. The number of nitrogens with zero attached hydrogens (tertiary/aromatic N) is 2. The van der Waals surface area contributed by atoms with Crippen LogP contribution in [0.4, 0.5) is 13.2 Å². The van der Waals surface area contributed by atoms with Crippen molar-refractivity contribution in [2.75, 3.05) is 6.54 Å². The van der Waals surface area contributed by atoms with Gasteiger partial charge in [-0.25, -0.2) is 0 Å². The fraction of sp³-hybridized carbons (Fsp3) is 0.625. The molecule has 1 atom stereocenters. The van der Waals surface area contributed by atoms with E-state index >= 15 is 0 Å². The maximum Gasteiger partial charge on any atom is 0.504 e. The standard InChI is InChI=1S/C8H12F3N3/c1-5(3-12)7-4-14(8(9,10)11)13-6(7)2/h4-5H,3,12H2,1-2H3. The van der Waals surface area contributed by atoms with Crippen LogP contribution in [0.15, 0.2) is 6.20 Å². The molecule has 0 aliphatic heterocycles. The summed E-state index contributed by atoms with van der Waals surface area (Å²) in [5.74, 6) is -0.105. The molecule has 0 fully saturated rings. The van der Waals surface area contributed by atoms with Crippen molar-refractivity contribution >= 4 is 0 Å². The third kappa shape index (κ3) is 2.06. The molecule has 1 heterocycles. The highest BCUT2D eigenvalue weighted by molar-refractivity contribution is 5.20. The van der Waals surface area contributed by atoms with Gasteiger partial charge in [-0.2, -0.15) is 9.78 Å². The smallest absolute Gasteiger partial charge is 0.330 e. The molecule has 80 valence electrons. The molecule has 3 nitrogen and oxygen atoms in total. The topological polar surface area (TPSA) is 43.8 Å². The van der Waals surface area contributed by atoms with Gasteiger partial charge in [0.15, 0.2) is 0 Å². The van der Waals surface area contributed by atoms with E-state index in [0.29, 0.717) is 17.8 Å². The Bertz CT molecular complexity index is 316. The van der Waals surface area contributed by atoms with E-state index in [4.69, 9.17) is 5.73 Å². The lowest BCUT2D eigenvalue weighted by atomic mass is 10.0. The SMILES string of the molecule is Cc1nn(C(F)(F)F)cc1C(C)CN. The Balaban J connectivity index is 3.05. The zero-order valence-corrected chi connectivity index (χ0v) is 7.97. The Labute approximate surface area is 79.7 Å².